The molecule has 1 unspecified atom stereocenters. The monoisotopic (exact) mass is 650 g/mol. The molecule has 2 aliphatic heterocycles. The second-order valence-electron chi connectivity index (χ2n) is 13.0. The second-order valence-corrected chi connectivity index (χ2v) is 15.1. The zero-order valence-corrected chi connectivity index (χ0v) is 27.2. The summed E-state index contributed by atoms with van der Waals surface area (Å²) in [5.74, 6) is 0.861. The Morgan fingerprint density at radius 3 is 2.76 bits per heavy atom. The number of anilines is 1. The zero-order chi connectivity index (χ0) is 31.3. The first-order valence-electron chi connectivity index (χ1n) is 15.8. The van der Waals surface area contributed by atoms with Gasteiger partial charge >= 0.3 is 0 Å². The van der Waals surface area contributed by atoms with Crippen molar-refractivity contribution < 1.29 is 22.7 Å². The van der Waals surface area contributed by atoms with Crippen molar-refractivity contribution in [2.75, 3.05) is 31.7 Å². The van der Waals surface area contributed by atoms with Gasteiger partial charge in [-0.1, -0.05) is 29.8 Å². The molecular weight excluding hydrogens is 612 g/mol. The summed E-state index contributed by atoms with van der Waals surface area (Å²) < 4.78 is 43.5. The van der Waals surface area contributed by atoms with Gasteiger partial charge in [0, 0.05) is 36.3 Å². The van der Waals surface area contributed by atoms with Crippen LogP contribution in [-0.4, -0.2) is 50.9 Å². The highest BCUT2D eigenvalue weighted by atomic mass is 35.5. The van der Waals surface area contributed by atoms with E-state index in [-0.39, 0.29) is 10.3 Å². The van der Waals surface area contributed by atoms with E-state index in [1.54, 1.807) is 22.9 Å². The third-order valence-electron chi connectivity index (χ3n) is 10.2. The van der Waals surface area contributed by atoms with Crippen LogP contribution >= 0.6 is 11.6 Å². The molecular formula is C34H39ClN4O5S. The first-order valence-corrected chi connectivity index (χ1v) is 17.6. The quantitative estimate of drug-likeness (QED) is 0.347. The Balaban J connectivity index is 1.30. The first kappa shape index (κ1) is 30.3. The van der Waals surface area contributed by atoms with Gasteiger partial charge < -0.3 is 14.4 Å². The van der Waals surface area contributed by atoms with E-state index in [2.05, 4.69) is 39.0 Å². The molecule has 238 valence electrons. The maximum atomic E-state index is 13.7. The smallest absolute Gasteiger partial charge is 0.269 e. The Morgan fingerprint density at radius 2 is 1.96 bits per heavy atom. The summed E-state index contributed by atoms with van der Waals surface area (Å²) in [6.45, 7) is 4.46. The average Bonchev–Trinajstić information content (AvgIpc) is 3.28. The number of benzene rings is 2. The van der Waals surface area contributed by atoms with Crippen LogP contribution in [0.2, 0.25) is 5.02 Å². The van der Waals surface area contributed by atoms with Crippen LogP contribution in [-0.2, 0) is 37.9 Å². The highest BCUT2D eigenvalue weighted by Gasteiger charge is 2.43. The number of nitrogens with zero attached hydrogens (tertiary/aromatic N) is 3. The molecule has 4 aliphatic rings. The van der Waals surface area contributed by atoms with E-state index in [0.29, 0.717) is 43.0 Å². The van der Waals surface area contributed by atoms with E-state index >= 15 is 0 Å². The number of aryl methyl sites for hydroxylation is 2. The molecule has 2 aliphatic carbocycles. The van der Waals surface area contributed by atoms with E-state index < -0.39 is 22.0 Å². The highest BCUT2D eigenvalue weighted by molar-refractivity contribution is 7.90. The predicted octanol–water partition coefficient (Wildman–Crippen LogP) is 5.50. The lowest BCUT2D eigenvalue weighted by molar-refractivity contribution is -0.129. The minimum Gasteiger partial charge on any atom is -0.490 e. The van der Waals surface area contributed by atoms with Crippen LogP contribution in [0.5, 0.6) is 5.75 Å². The van der Waals surface area contributed by atoms with Crippen molar-refractivity contribution in [3.63, 3.8) is 0 Å². The fourth-order valence-electron chi connectivity index (χ4n) is 7.63. The Kier molecular flexibility index (Phi) is 7.94. The molecule has 11 heteroatoms. The van der Waals surface area contributed by atoms with Crippen molar-refractivity contribution in [3.05, 3.63) is 82.2 Å². The molecule has 1 aromatic heterocycles. The number of hydrogen-bond donors (Lipinski definition) is 1. The summed E-state index contributed by atoms with van der Waals surface area (Å²) in [6.07, 6.45) is 9.42. The lowest BCUT2D eigenvalue weighted by atomic mass is 9.69. The number of allylic oxidation sites excluding steroid dienone is 2. The summed E-state index contributed by atoms with van der Waals surface area (Å²) >= 11 is 6.41. The largest absolute Gasteiger partial charge is 0.490 e. The number of halogens is 1. The number of fused-ring (bicyclic) bond motifs is 6. The van der Waals surface area contributed by atoms with Crippen LogP contribution in [0.4, 0.5) is 5.69 Å². The van der Waals surface area contributed by atoms with Crippen molar-refractivity contribution in [1.29, 1.82) is 0 Å². The van der Waals surface area contributed by atoms with Gasteiger partial charge in [0.2, 0.25) is 0 Å². The van der Waals surface area contributed by atoms with E-state index in [9.17, 15) is 13.2 Å². The van der Waals surface area contributed by atoms with Crippen LogP contribution in [0.1, 0.15) is 60.7 Å². The Hall–Kier alpha value is -3.34. The van der Waals surface area contributed by atoms with Crippen molar-refractivity contribution in [1.82, 2.24) is 14.5 Å². The summed E-state index contributed by atoms with van der Waals surface area (Å²) in [6, 6.07) is 12.8. The third kappa shape index (κ3) is 5.66. The molecule has 7 rings (SSSR count). The topological polar surface area (TPSA) is 103 Å². The molecule has 3 heterocycles. The molecule has 1 amide bonds. The summed E-state index contributed by atoms with van der Waals surface area (Å²) in [5.41, 5.74) is 4.22. The number of hydrogen-bond acceptors (Lipinski definition) is 7. The number of methoxy groups -OCH3 is 1. The first-order chi connectivity index (χ1) is 21.7. The number of carbonyl (C=O) groups excluding carboxylic acids is 1. The number of nitrogens with one attached hydrogen (secondary N) is 1. The minimum absolute atomic E-state index is 0.000693. The zero-order valence-electron chi connectivity index (χ0n) is 25.7. The van der Waals surface area contributed by atoms with Crippen LogP contribution in [0.3, 0.4) is 0 Å². The average molecular weight is 651 g/mol. The molecule has 0 saturated heterocycles. The van der Waals surface area contributed by atoms with Gasteiger partial charge in [-0.05, 0) is 105 Å². The highest BCUT2D eigenvalue weighted by Crippen LogP contribution is 2.47. The van der Waals surface area contributed by atoms with Gasteiger partial charge in [-0.3, -0.25) is 9.48 Å². The van der Waals surface area contributed by atoms with Gasteiger partial charge in [-0.15, -0.1) is 0 Å². The number of carbonyl (C=O) groups is 1. The second kappa shape index (κ2) is 11.8. The Morgan fingerprint density at radius 1 is 1.11 bits per heavy atom. The third-order valence-corrected chi connectivity index (χ3v) is 11.8. The normalized spacial score (nSPS) is 28.3. The van der Waals surface area contributed by atoms with Gasteiger partial charge in [0.1, 0.15) is 11.4 Å². The van der Waals surface area contributed by atoms with Crippen molar-refractivity contribution >= 4 is 33.2 Å². The van der Waals surface area contributed by atoms with Crippen molar-refractivity contribution in [3.8, 4) is 5.75 Å². The number of rotatable bonds is 1. The number of sulfonamides is 1. The molecule has 1 saturated carbocycles. The van der Waals surface area contributed by atoms with Gasteiger partial charge in [0.05, 0.1) is 23.7 Å². The van der Waals surface area contributed by atoms with E-state index in [1.807, 2.05) is 13.0 Å². The fraction of sp³-hybridized carbons (Fsp3) is 0.471. The number of ether oxygens (including phenoxy) is 2. The lowest BCUT2D eigenvalue weighted by Crippen LogP contribution is -2.48. The molecule has 1 N–H and O–H groups in total. The summed E-state index contributed by atoms with van der Waals surface area (Å²) in [7, 11) is -2.86. The fourth-order valence-corrected chi connectivity index (χ4v) is 8.83. The van der Waals surface area contributed by atoms with Gasteiger partial charge in [-0.25, -0.2) is 13.1 Å². The van der Waals surface area contributed by atoms with Crippen LogP contribution in [0.25, 0.3) is 0 Å². The van der Waals surface area contributed by atoms with Gasteiger partial charge in [-0.2, -0.15) is 5.10 Å². The maximum Gasteiger partial charge on any atom is 0.269 e. The molecule has 4 bridgehead atoms. The standard InChI is InChI=1S/C34H39ClN4O5S/c1-22-16-29-32(43-2)33(40)37-45(41,42)27-11-13-31-30(18-27)38(19-25-9-8-23(25)6-3-4-15-39(22)36-29)20-34(21-44-31)14-5-7-24-17-26(35)10-12-28(24)34/h3-4,10-13,16-18,23,25,32H,5-9,14-15,19-21H2,1-2H3,(H,37,40)/b4-3+/t23-,25+,32?,34+/m1/s1. The predicted molar refractivity (Wildman–Crippen MR) is 172 cm³/mol. The number of aromatic nitrogens is 2. The van der Waals surface area contributed by atoms with E-state index in [0.717, 1.165) is 55.1 Å². The Labute approximate surface area is 269 Å². The van der Waals surface area contributed by atoms with Crippen molar-refractivity contribution in [2.24, 2.45) is 11.8 Å². The van der Waals surface area contributed by atoms with Crippen LogP contribution < -0.4 is 14.4 Å². The maximum absolute atomic E-state index is 13.7. The lowest BCUT2D eigenvalue weighted by Gasteiger charge is -2.44. The molecule has 3 aromatic rings. The van der Waals surface area contributed by atoms with E-state index in [4.69, 9.17) is 21.1 Å². The Bertz CT molecular complexity index is 1770. The summed E-state index contributed by atoms with van der Waals surface area (Å²) in [4.78, 5) is 15.7. The molecule has 4 atom stereocenters. The minimum atomic E-state index is -4.23. The molecule has 1 fully saturated rings. The van der Waals surface area contributed by atoms with E-state index in [1.165, 1.54) is 30.7 Å². The number of amides is 1. The molecule has 45 heavy (non-hydrogen) atoms. The van der Waals surface area contributed by atoms with Gasteiger partial charge in [0.25, 0.3) is 15.9 Å². The SMILES string of the molecule is COC1C(=O)NS(=O)(=O)c2ccc3c(c2)N(C[C@@H]2CC[C@H]2C/C=C/Cn2nc1cc2C)C[C@@]1(CCCc2cc(Cl)ccc21)CO3. The van der Waals surface area contributed by atoms with Crippen molar-refractivity contribution in [2.45, 2.75) is 68.4 Å². The molecule has 1 spiro atoms. The van der Waals surface area contributed by atoms with Gasteiger partial charge in [0.15, 0.2) is 6.10 Å². The molecule has 0 radical (unpaired) electrons. The molecule has 2 aromatic carbocycles. The molecule has 9 nitrogen and oxygen atoms in total. The van der Waals surface area contributed by atoms with Crippen LogP contribution in [0, 0.1) is 18.8 Å². The van der Waals surface area contributed by atoms with Crippen LogP contribution in [0.15, 0.2) is 59.5 Å². The summed E-state index contributed by atoms with van der Waals surface area (Å²) in [5, 5.41) is 5.30.